The van der Waals surface area contributed by atoms with Gasteiger partial charge in [-0.3, -0.25) is 4.79 Å². The van der Waals surface area contributed by atoms with Crippen LogP contribution in [0.5, 0.6) is 0 Å². The van der Waals surface area contributed by atoms with Gasteiger partial charge in [0.1, 0.15) is 21.4 Å². The first-order valence-corrected chi connectivity index (χ1v) is 6.10. The van der Waals surface area contributed by atoms with Gasteiger partial charge < -0.3 is 9.47 Å². The average Bonchev–Trinajstić information content (AvgIpc) is 2.48. The Morgan fingerprint density at radius 1 is 1.31 bits per heavy atom. The molecule has 2 heterocycles. The number of fused-ring (bicyclic) bond motifs is 2. The van der Waals surface area contributed by atoms with Gasteiger partial charge in [-0.1, -0.05) is 0 Å². The maximum absolute atomic E-state index is 12.1. The monoisotopic (exact) mass is 286 g/mol. The van der Waals surface area contributed by atoms with Crippen LogP contribution in [0.3, 0.4) is 0 Å². The molecule has 0 fully saturated rings. The number of carbonyl (C=O) groups is 1. The van der Waals surface area contributed by atoms with Crippen LogP contribution in [0.15, 0.2) is 22.4 Å². The van der Waals surface area contributed by atoms with Gasteiger partial charge in [0.15, 0.2) is 0 Å². The van der Waals surface area contributed by atoms with Gasteiger partial charge in [-0.15, -0.1) is 0 Å². The minimum Gasteiger partial charge on any atom is -0.491 e. The predicted octanol–water partition coefficient (Wildman–Crippen LogP) is 2.70. The van der Waals surface area contributed by atoms with E-state index in [4.69, 9.17) is 9.47 Å². The fraction of sp³-hybridized carbons (Fsp3) is 0.583. The van der Waals surface area contributed by atoms with Crippen LogP contribution in [0.1, 0.15) is 27.7 Å². The van der Waals surface area contributed by atoms with E-state index in [1.807, 2.05) is 26.8 Å². The largest absolute Gasteiger partial charge is 0.491 e. The average molecular weight is 287 g/mol. The van der Waals surface area contributed by atoms with Crippen LogP contribution < -0.4 is 0 Å². The molecule has 0 amide bonds. The van der Waals surface area contributed by atoms with E-state index in [2.05, 4.69) is 15.9 Å². The number of rotatable bonds is 2. The molecule has 3 nitrogen and oxygen atoms in total. The molecular formula is C12H15BrO3. The quantitative estimate of drug-likeness (QED) is 0.733. The third-order valence-corrected chi connectivity index (χ3v) is 3.52. The molecule has 0 aromatic carbocycles. The molecule has 2 aliphatic rings. The van der Waals surface area contributed by atoms with Crippen molar-refractivity contribution in [3.8, 4) is 0 Å². The Balaban J connectivity index is 2.49. The van der Waals surface area contributed by atoms with E-state index >= 15 is 0 Å². The van der Waals surface area contributed by atoms with E-state index < -0.39 is 11.2 Å². The molecule has 0 radical (unpaired) electrons. The van der Waals surface area contributed by atoms with Crippen molar-refractivity contribution in [1.29, 1.82) is 0 Å². The Hall–Kier alpha value is -0.610. The number of ketones is 1. The van der Waals surface area contributed by atoms with Crippen molar-refractivity contribution in [1.82, 2.24) is 0 Å². The molecule has 0 saturated carbocycles. The zero-order valence-corrected chi connectivity index (χ0v) is 11.4. The molecule has 0 N–H and O–H groups in total. The highest BCUT2D eigenvalue weighted by atomic mass is 79.9. The highest BCUT2D eigenvalue weighted by molar-refractivity contribution is 9.12. The van der Waals surface area contributed by atoms with Crippen LogP contribution in [0.25, 0.3) is 0 Å². The number of Topliss-reactive ketones (excluding diaryl/α,β-unsaturated/α-hetero) is 1. The van der Waals surface area contributed by atoms with Gasteiger partial charge in [-0.05, 0) is 55.8 Å². The summed E-state index contributed by atoms with van der Waals surface area (Å²) in [6.45, 7) is 7.52. The number of ether oxygens (including phenoxy) is 2. The highest BCUT2D eigenvalue weighted by Gasteiger charge is 2.53. The fourth-order valence-corrected chi connectivity index (χ4v) is 2.89. The topological polar surface area (TPSA) is 35.5 Å². The molecule has 2 unspecified atom stereocenters. The third kappa shape index (κ3) is 1.55. The van der Waals surface area contributed by atoms with Crippen LogP contribution in [-0.4, -0.2) is 23.1 Å². The van der Waals surface area contributed by atoms with Crippen molar-refractivity contribution in [3.05, 3.63) is 22.4 Å². The lowest BCUT2D eigenvalue weighted by atomic mass is 9.97. The minimum absolute atomic E-state index is 0.00845. The summed E-state index contributed by atoms with van der Waals surface area (Å²) in [6, 6.07) is 0. The first kappa shape index (κ1) is 11.9. The molecule has 0 aliphatic carbocycles. The van der Waals surface area contributed by atoms with E-state index in [9.17, 15) is 4.79 Å². The molecule has 2 aliphatic heterocycles. The van der Waals surface area contributed by atoms with Crippen molar-refractivity contribution in [2.24, 2.45) is 0 Å². The van der Waals surface area contributed by atoms with Gasteiger partial charge in [0.25, 0.3) is 0 Å². The Kier molecular flexibility index (Phi) is 2.55. The summed E-state index contributed by atoms with van der Waals surface area (Å²) in [6.07, 6.45) is 3.69. The van der Waals surface area contributed by atoms with Crippen molar-refractivity contribution in [2.75, 3.05) is 0 Å². The van der Waals surface area contributed by atoms with Gasteiger partial charge in [0, 0.05) is 0 Å². The Morgan fingerprint density at radius 3 is 2.44 bits per heavy atom. The van der Waals surface area contributed by atoms with E-state index in [1.165, 1.54) is 0 Å². The SMILES string of the molecule is CC(C)OC1=C(Br)C(=O)C2(C)C=CC1(C)O2. The molecule has 2 rings (SSSR count). The lowest BCUT2D eigenvalue weighted by molar-refractivity contribution is -0.146. The summed E-state index contributed by atoms with van der Waals surface area (Å²) in [5.41, 5.74) is -1.48. The molecule has 16 heavy (non-hydrogen) atoms. The van der Waals surface area contributed by atoms with Crippen LogP contribution in [0.2, 0.25) is 0 Å². The van der Waals surface area contributed by atoms with E-state index in [0.717, 1.165) is 0 Å². The van der Waals surface area contributed by atoms with Crippen molar-refractivity contribution in [2.45, 2.75) is 45.0 Å². The summed E-state index contributed by atoms with van der Waals surface area (Å²) >= 11 is 3.32. The first-order chi connectivity index (χ1) is 7.28. The number of hydrogen-bond donors (Lipinski definition) is 0. The second-order valence-corrected chi connectivity index (χ2v) is 5.58. The van der Waals surface area contributed by atoms with E-state index in [1.54, 1.807) is 13.0 Å². The van der Waals surface area contributed by atoms with E-state index in [-0.39, 0.29) is 11.9 Å². The van der Waals surface area contributed by atoms with Gasteiger partial charge in [0.05, 0.1) is 6.10 Å². The Bertz CT molecular complexity index is 410. The van der Waals surface area contributed by atoms with Gasteiger partial charge in [-0.25, -0.2) is 0 Å². The van der Waals surface area contributed by atoms with Gasteiger partial charge >= 0.3 is 0 Å². The normalized spacial score (nSPS) is 37.5. The van der Waals surface area contributed by atoms with E-state index in [0.29, 0.717) is 10.2 Å². The lowest BCUT2D eigenvalue weighted by Gasteiger charge is -2.37. The fourth-order valence-electron chi connectivity index (χ4n) is 2.01. The molecule has 88 valence electrons. The lowest BCUT2D eigenvalue weighted by Crippen LogP contribution is -2.46. The molecule has 0 aromatic heterocycles. The Morgan fingerprint density at radius 2 is 1.88 bits per heavy atom. The number of halogens is 1. The van der Waals surface area contributed by atoms with Gasteiger partial charge in [0.2, 0.25) is 5.78 Å². The van der Waals surface area contributed by atoms with Crippen molar-refractivity contribution >= 4 is 21.7 Å². The maximum Gasteiger partial charge on any atom is 0.208 e. The van der Waals surface area contributed by atoms with Crippen molar-refractivity contribution in [3.63, 3.8) is 0 Å². The summed E-state index contributed by atoms with van der Waals surface area (Å²) in [7, 11) is 0. The summed E-state index contributed by atoms with van der Waals surface area (Å²) < 4.78 is 12.0. The molecule has 2 atom stereocenters. The molecule has 0 spiro atoms. The predicted molar refractivity (Wildman–Crippen MR) is 64.2 cm³/mol. The van der Waals surface area contributed by atoms with Gasteiger partial charge in [-0.2, -0.15) is 0 Å². The molecular weight excluding hydrogens is 272 g/mol. The molecule has 0 aromatic rings. The van der Waals surface area contributed by atoms with Crippen LogP contribution >= 0.6 is 15.9 Å². The summed E-state index contributed by atoms with van der Waals surface area (Å²) in [4.78, 5) is 12.1. The van der Waals surface area contributed by atoms with Crippen LogP contribution in [0.4, 0.5) is 0 Å². The molecule has 4 heteroatoms. The van der Waals surface area contributed by atoms with Crippen molar-refractivity contribution < 1.29 is 14.3 Å². The second kappa shape index (κ2) is 3.44. The maximum atomic E-state index is 12.1. The molecule has 2 bridgehead atoms. The second-order valence-electron chi connectivity index (χ2n) is 4.79. The number of hydrogen-bond acceptors (Lipinski definition) is 3. The smallest absolute Gasteiger partial charge is 0.208 e. The first-order valence-electron chi connectivity index (χ1n) is 5.31. The van der Waals surface area contributed by atoms with Crippen LogP contribution in [0, 0.1) is 0 Å². The minimum atomic E-state index is -0.850. The standard InChI is InChI=1S/C12H15BrO3/c1-7(2)15-10-8(13)9(14)11(3)5-6-12(10,4)16-11/h5-7H,1-4H3. The summed E-state index contributed by atoms with van der Waals surface area (Å²) in [5, 5.41) is 0. The zero-order valence-electron chi connectivity index (χ0n) is 9.83. The third-order valence-electron chi connectivity index (χ3n) is 2.80. The molecule has 0 saturated heterocycles. The zero-order chi connectivity index (χ0) is 12.1. The number of carbonyl (C=O) groups excluding carboxylic acids is 1. The highest BCUT2D eigenvalue weighted by Crippen LogP contribution is 2.46. The van der Waals surface area contributed by atoms with Crippen LogP contribution in [-0.2, 0) is 14.3 Å². The summed E-state index contributed by atoms with van der Waals surface area (Å²) in [5.74, 6) is 0.480. The Labute approximate surface area is 104 Å².